The number of ether oxygens (including phenoxy) is 1. The third kappa shape index (κ3) is 5.42. The second-order valence-corrected chi connectivity index (χ2v) is 8.14. The Labute approximate surface area is 196 Å². The van der Waals surface area contributed by atoms with Crippen LogP contribution in [0, 0.1) is 13.8 Å². The first-order chi connectivity index (χ1) is 16.2. The van der Waals surface area contributed by atoms with E-state index in [0.717, 1.165) is 21.3 Å². The minimum absolute atomic E-state index is 0.152. The molecule has 0 bridgehead atoms. The minimum Gasteiger partial charge on any atom is -0.497 e. The van der Waals surface area contributed by atoms with E-state index < -0.39 is 42.9 Å². The first-order valence-electron chi connectivity index (χ1n) is 10.7. The van der Waals surface area contributed by atoms with E-state index in [9.17, 15) is 24.9 Å². The van der Waals surface area contributed by atoms with Crippen molar-refractivity contribution in [1.29, 1.82) is 0 Å². The standard InChI is InChI=1S/C24H29N3O7/c1-13-8-17-18(9-14(13)2)27(11-19(29)22(31)20(30)12-28)24(33)21(26-17)23(32)25-10-15-4-6-16(34-3)7-5-15/h4-9,19-20,22,28-31H,10-12H2,1-3H3,(H,25,32). The molecule has 0 saturated carbocycles. The molecule has 3 unspecified atom stereocenters. The van der Waals surface area contributed by atoms with Crippen molar-refractivity contribution in [2.24, 2.45) is 0 Å². The highest BCUT2D eigenvalue weighted by molar-refractivity contribution is 5.94. The van der Waals surface area contributed by atoms with Gasteiger partial charge in [-0.25, -0.2) is 4.98 Å². The molecule has 3 aromatic rings. The summed E-state index contributed by atoms with van der Waals surface area (Å²) in [6, 6.07) is 10.5. The fourth-order valence-electron chi connectivity index (χ4n) is 3.50. The third-order valence-electron chi connectivity index (χ3n) is 5.73. The molecule has 10 heteroatoms. The van der Waals surface area contributed by atoms with E-state index in [1.54, 1.807) is 43.5 Å². The van der Waals surface area contributed by atoms with Gasteiger partial charge in [-0.1, -0.05) is 12.1 Å². The van der Waals surface area contributed by atoms with Crippen molar-refractivity contribution in [2.45, 2.75) is 45.2 Å². The van der Waals surface area contributed by atoms with Crippen LogP contribution in [0.2, 0.25) is 0 Å². The Balaban J connectivity index is 1.97. The number of aliphatic hydroxyl groups is 4. The number of nitrogens with one attached hydrogen (secondary N) is 1. The number of rotatable bonds is 9. The van der Waals surface area contributed by atoms with Crippen LogP contribution >= 0.6 is 0 Å². The fourth-order valence-corrected chi connectivity index (χ4v) is 3.50. The van der Waals surface area contributed by atoms with E-state index in [1.807, 2.05) is 13.8 Å². The maximum absolute atomic E-state index is 13.2. The molecule has 1 aromatic heterocycles. The summed E-state index contributed by atoms with van der Waals surface area (Å²) in [5, 5.41) is 41.8. The number of nitrogens with zero attached hydrogens (tertiary/aromatic N) is 2. The molecular formula is C24H29N3O7. The molecule has 3 rings (SSSR count). The molecular weight excluding hydrogens is 442 g/mol. The second-order valence-electron chi connectivity index (χ2n) is 8.14. The normalized spacial score (nSPS) is 14.0. The lowest BCUT2D eigenvalue weighted by atomic mass is 10.1. The van der Waals surface area contributed by atoms with Gasteiger partial charge in [0, 0.05) is 6.54 Å². The molecule has 2 aromatic carbocycles. The highest BCUT2D eigenvalue weighted by Crippen LogP contribution is 2.18. The Bertz CT molecular complexity index is 1220. The molecule has 0 saturated heterocycles. The number of hydrogen-bond acceptors (Lipinski definition) is 8. The van der Waals surface area contributed by atoms with Crippen LogP contribution in [0.5, 0.6) is 5.75 Å². The molecule has 1 amide bonds. The van der Waals surface area contributed by atoms with Gasteiger partial charge >= 0.3 is 0 Å². The topological polar surface area (TPSA) is 154 Å². The summed E-state index contributed by atoms with van der Waals surface area (Å²) in [5.74, 6) is -0.0213. The molecule has 0 aliphatic carbocycles. The first-order valence-corrected chi connectivity index (χ1v) is 10.7. The molecule has 0 spiro atoms. The summed E-state index contributed by atoms with van der Waals surface area (Å²) < 4.78 is 6.26. The van der Waals surface area contributed by atoms with Crippen LogP contribution in [-0.4, -0.2) is 67.9 Å². The van der Waals surface area contributed by atoms with E-state index >= 15 is 0 Å². The van der Waals surface area contributed by atoms with Gasteiger partial charge in [0.1, 0.15) is 24.1 Å². The molecule has 0 fully saturated rings. The monoisotopic (exact) mass is 471 g/mol. The molecule has 0 aliphatic heterocycles. The first kappa shape index (κ1) is 25.3. The van der Waals surface area contributed by atoms with Crippen molar-refractivity contribution >= 4 is 16.9 Å². The van der Waals surface area contributed by atoms with Crippen LogP contribution < -0.4 is 15.6 Å². The zero-order chi connectivity index (χ0) is 25.0. The molecule has 182 valence electrons. The van der Waals surface area contributed by atoms with Gasteiger partial charge in [-0.05, 0) is 54.8 Å². The Kier molecular flexibility index (Phi) is 8.00. The van der Waals surface area contributed by atoms with Crippen LogP contribution in [0.3, 0.4) is 0 Å². The van der Waals surface area contributed by atoms with Crippen molar-refractivity contribution in [1.82, 2.24) is 14.9 Å². The molecule has 5 N–H and O–H groups in total. The van der Waals surface area contributed by atoms with Crippen LogP contribution in [0.1, 0.15) is 27.2 Å². The number of methoxy groups -OCH3 is 1. The maximum atomic E-state index is 13.2. The number of aromatic nitrogens is 2. The molecule has 10 nitrogen and oxygen atoms in total. The lowest BCUT2D eigenvalue weighted by Gasteiger charge is -2.23. The smallest absolute Gasteiger partial charge is 0.282 e. The molecule has 34 heavy (non-hydrogen) atoms. The van der Waals surface area contributed by atoms with Gasteiger partial charge in [-0.2, -0.15) is 0 Å². The third-order valence-corrected chi connectivity index (χ3v) is 5.73. The largest absolute Gasteiger partial charge is 0.497 e. The van der Waals surface area contributed by atoms with Crippen LogP contribution in [0.15, 0.2) is 41.2 Å². The van der Waals surface area contributed by atoms with Crippen LogP contribution in [0.4, 0.5) is 0 Å². The summed E-state index contributed by atoms with van der Waals surface area (Å²) in [6.07, 6.45) is -4.86. The summed E-state index contributed by atoms with van der Waals surface area (Å²) in [5.41, 5.74) is 2.15. The van der Waals surface area contributed by atoms with Crippen molar-refractivity contribution in [3.8, 4) is 5.75 Å². The molecule has 3 atom stereocenters. The fraction of sp³-hybridized carbons (Fsp3) is 0.375. The van der Waals surface area contributed by atoms with E-state index in [4.69, 9.17) is 9.84 Å². The number of amides is 1. The minimum atomic E-state index is -1.70. The van der Waals surface area contributed by atoms with E-state index in [2.05, 4.69) is 10.3 Å². The van der Waals surface area contributed by atoms with Gasteiger partial charge in [0.25, 0.3) is 11.5 Å². The van der Waals surface area contributed by atoms with Crippen LogP contribution in [-0.2, 0) is 13.1 Å². The van der Waals surface area contributed by atoms with Gasteiger partial charge in [0.05, 0.1) is 31.3 Å². The van der Waals surface area contributed by atoms with Crippen molar-refractivity contribution < 1.29 is 30.0 Å². The number of aryl methyl sites for hydroxylation is 2. The quantitative estimate of drug-likeness (QED) is 0.293. The zero-order valence-electron chi connectivity index (χ0n) is 19.2. The van der Waals surface area contributed by atoms with Gasteiger partial charge < -0.3 is 35.0 Å². The van der Waals surface area contributed by atoms with Crippen molar-refractivity contribution in [3.05, 3.63) is 69.1 Å². The van der Waals surface area contributed by atoms with Crippen LogP contribution in [0.25, 0.3) is 11.0 Å². The average molecular weight is 472 g/mol. The molecule has 0 radical (unpaired) electrons. The van der Waals surface area contributed by atoms with Gasteiger partial charge in [-0.3, -0.25) is 9.59 Å². The van der Waals surface area contributed by atoms with Crippen molar-refractivity contribution in [2.75, 3.05) is 13.7 Å². The molecule has 1 heterocycles. The van der Waals surface area contributed by atoms with E-state index in [-0.39, 0.29) is 12.2 Å². The average Bonchev–Trinajstić information content (AvgIpc) is 2.84. The van der Waals surface area contributed by atoms with Crippen molar-refractivity contribution in [3.63, 3.8) is 0 Å². The predicted molar refractivity (Wildman–Crippen MR) is 125 cm³/mol. The predicted octanol–water partition coefficient (Wildman–Crippen LogP) is 0.0269. The number of benzene rings is 2. The lowest BCUT2D eigenvalue weighted by molar-refractivity contribution is -0.0805. The maximum Gasteiger partial charge on any atom is 0.282 e. The number of aliphatic hydroxyl groups excluding tert-OH is 4. The van der Waals surface area contributed by atoms with Gasteiger partial charge in [0.15, 0.2) is 5.69 Å². The van der Waals surface area contributed by atoms with E-state index in [1.165, 1.54) is 0 Å². The van der Waals surface area contributed by atoms with E-state index in [0.29, 0.717) is 16.8 Å². The SMILES string of the molecule is COc1ccc(CNC(=O)c2nc3cc(C)c(C)cc3n(CC(O)C(O)C(O)CO)c2=O)cc1. The molecule has 0 aliphatic rings. The second kappa shape index (κ2) is 10.7. The number of carbonyl (C=O) groups is 1. The Morgan fingerprint density at radius 3 is 2.35 bits per heavy atom. The summed E-state index contributed by atoms with van der Waals surface area (Å²) in [4.78, 5) is 30.4. The zero-order valence-corrected chi connectivity index (χ0v) is 19.2. The Morgan fingerprint density at radius 1 is 1.09 bits per heavy atom. The number of carbonyl (C=O) groups excluding carboxylic acids is 1. The van der Waals surface area contributed by atoms with Gasteiger partial charge in [0.2, 0.25) is 0 Å². The number of fused-ring (bicyclic) bond motifs is 1. The summed E-state index contributed by atoms with van der Waals surface area (Å²) in [7, 11) is 1.55. The summed E-state index contributed by atoms with van der Waals surface area (Å²) in [6.45, 7) is 2.68. The Hall–Kier alpha value is -3.31. The Morgan fingerprint density at radius 2 is 1.74 bits per heavy atom. The highest BCUT2D eigenvalue weighted by atomic mass is 16.5. The summed E-state index contributed by atoms with van der Waals surface area (Å²) >= 11 is 0. The highest BCUT2D eigenvalue weighted by Gasteiger charge is 2.27. The van der Waals surface area contributed by atoms with Gasteiger partial charge in [-0.15, -0.1) is 0 Å². The number of hydrogen-bond donors (Lipinski definition) is 5. The lowest BCUT2D eigenvalue weighted by Crippen LogP contribution is -2.44.